The van der Waals surface area contributed by atoms with Crippen LogP contribution in [0.1, 0.15) is 41.6 Å². The predicted octanol–water partition coefficient (Wildman–Crippen LogP) is 2.76. The molecule has 212 valence electrons. The predicted molar refractivity (Wildman–Crippen MR) is 153 cm³/mol. The number of Topliss-reactive ketones (excluding diaryl/α,β-unsaturated/α-hetero) is 1. The molecule has 0 spiro atoms. The van der Waals surface area contributed by atoms with Crippen LogP contribution in [0.5, 0.6) is 0 Å². The topological polar surface area (TPSA) is 82.2 Å². The number of likely N-dealkylation sites (N-methyl/N-ethyl adjacent to an activating group) is 1. The quantitative estimate of drug-likeness (QED) is 0.578. The zero-order valence-corrected chi connectivity index (χ0v) is 23.3. The highest BCUT2D eigenvalue weighted by molar-refractivity contribution is 5.99. The van der Waals surface area contributed by atoms with Crippen LogP contribution < -0.4 is 10.2 Å². The van der Waals surface area contributed by atoms with Gasteiger partial charge in [0.1, 0.15) is 18.7 Å². The number of benzene rings is 2. The number of fused-ring (bicyclic) bond motifs is 1. The van der Waals surface area contributed by atoms with Gasteiger partial charge in [0, 0.05) is 49.9 Å². The van der Waals surface area contributed by atoms with Crippen LogP contribution >= 0.6 is 0 Å². The average molecular weight is 545 g/mol. The van der Waals surface area contributed by atoms with E-state index in [1.807, 2.05) is 42.5 Å². The Labute approximate surface area is 236 Å². The zero-order valence-electron chi connectivity index (χ0n) is 23.3. The van der Waals surface area contributed by atoms with Crippen molar-refractivity contribution in [2.24, 2.45) is 11.8 Å². The van der Waals surface area contributed by atoms with Crippen LogP contribution in [-0.2, 0) is 20.7 Å². The van der Waals surface area contributed by atoms with Gasteiger partial charge in [-0.25, -0.2) is 0 Å². The summed E-state index contributed by atoms with van der Waals surface area (Å²) in [6.45, 7) is 4.48. The van der Waals surface area contributed by atoms with Crippen LogP contribution in [0.2, 0.25) is 0 Å². The van der Waals surface area contributed by atoms with Gasteiger partial charge >= 0.3 is 0 Å². The van der Waals surface area contributed by atoms with Gasteiger partial charge in [0.05, 0.1) is 6.10 Å². The Balaban J connectivity index is 1.18. The van der Waals surface area contributed by atoms with Crippen molar-refractivity contribution in [1.82, 2.24) is 15.1 Å². The molecule has 2 amide bonds. The van der Waals surface area contributed by atoms with E-state index < -0.39 is 12.1 Å². The molecule has 4 fully saturated rings. The molecule has 2 aromatic rings. The van der Waals surface area contributed by atoms with Crippen molar-refractivity contribution in [3.63, 3.8) is 0 Å². The summed E-state index contributed by atoms with van der Waals surface area (Å²) in [7, 11) is 2.13. The van der Waals surface area contributed by atoms with Gasteiger partial charge in [-0.15, -0.1) is 0 Å². The Morgan fingerprint density at radius 3 is 2.38 bits per heavy atom. The molecule has 1 aliphatic carbocycles. The lowest BCUT2D eigenvalue weighted by molar-refractivity contribution is -0.139. The van der Waals surface area contributed by atoms with Gasteiger partial charge in [-0.05, 0) is 62.1 Å². The molecule has 3 aliphatic heterocycles. The number of hydrogen-bond acceptors (Lipinski definition) is 6. The minimum atomic E-state index is -0.642. The van der Waals surface area contributed by atoms with E-state index in [0.29, 0.717) is 12.1 Å². The second-order valence-corrected chi connectivity index (χ2v) is 12.0. The lowest BCUT2D eigenvalue weighted by Gasteiger charge is -2.34. The van der Waals surface area contributed by atoms with Crippen LogP contribution in [0.4, 0.5) is 5.69 Å². The minimum Gasteiger partial charge on any atom is -0.369 e. The number of carbonyl (C=O) groups excluding carboxylic acids is 3. The van der Waals surface area contributed by atoms with Gasteiger partial charge in [0.2, 0.25) is 5.91 Å². The average Bonchev–Trinajstić information content (AvgIpc) is 3.72. The number of likely N-dealkylation sites (tertiary alicyclic amines) is 1. The highest BCUT2D eigenvalue weighted by Crippen LogP contribution is 2.36. The first kappa shape index (κ1) is 27.0. The molecule has 3 heterocycles. The monoisotopic (exact) mass is 544 g/mol. The van der Waals surface area contributed by atoms with E-state index in [1.165, 1.54) is 5.56 Å². The van der Waals surface area contributed by atoms with Crippen LogP contribution in [0, 0.1) is 11.8 Å². The Kier molecular flexibility index (Phi) is 7.89. The van der Waals surface area contributed by atoms with E-state index in [9.17, 15) is 14.4 Å². The first-order valence-corrected chi connectivity index (χ1v) is 14.8. The maximum Gasteiger partial charge on any atom is 0.251 e. The molecule has 3 saturated heterocycles. The van der Waals surface area contributed by atoms with E-state index in [4.69, 9.17) is 4.74 Å². The second-order valence-electron chi connectivity index (χ2n) is 12.0. The molecular formula is C32H40N4O4. The third kappa shape index (κ3) is 5.52. The van der Waals surface area contributed by atoms with E-state index in [-0.39, 0.29) is 42.1 Å². The largest absolute Gasteiger partial charge is 0.369 e. The molecule has 1 N–H and O–H groups in total. The number of rotatable bonds is 7. The number of amides is 2. The molecule has 6 rings (SSSR count). The molecule has 0 unspecified atom stereocenters. The SMILES string of the molecule is CN1CCN(c2ccc(C(=O)N[C@H](C(=O)N3C[C@H](Cc4ccccc4)[C@H]4OCC(=O)[C@H]43)C3CCCC3)cc2)CC1. The number of carbonyl (C=O) groups is 3. The van der Waals surface area contributed by atoms with E-state index in [1.54, 1.807) is 4.90 Å². The number of piperazine rings is 1. The van der Waals surface area contributed by atoms with Gasteiger partial charge in [-0.1, -0.05) is 43.2 Å². The highest BCUT2D eigenvalue weighted by Gasteiger charge is 2.53. The summed E-state index contributed by atoms with van der Waals surface area (Å²) in [5.74, 6) is -0.292. The van der Waals surface area contributed by atoms with Crippen LogP contribution in [0.25, 0.3) is 0 Å². The molecule has 4 atom stereocenters. The molecule has 0 radical (unpaired) electrons. The Bertz CT molecular complexity index is 1210. The number of nitrogens with zero attached hydrogens (tertiary/aromatic N) is 3. The van der Waals surface area contributed by atoms with Crippen molar-refractivity contribution in [2.45, 2.75) is 50.3 Å². The van der Waals surface area contributed by atoms with Crippen molar-refractivity contribution in [2.75, 3.05) is 51.3 Å². The van der Waals surface area contributed by atoms with Gasteiger partial charge in [0.25, 0.3) is 5.91 Å². The first-order chi connectivity index (χ1) is 19.5. The number of ketones is 1. The third-order valence-electron chi connectivity index (χ3n) is 9.34. The Hall–Kier alpha value is -3.23. The summed E-state index contributed by atoms with van der Waals surface area (Å²) in [6, 6.07) is 16.7. The molecular weight excluding hydrogens is 504 g/mol. The Morgan fingerprint density at radius 2 is 1.68 bits per heavy atom. The van der Waals surface area contributed by atoms with Gasteiger partial charge in [-0.3, -0.25) is 14.4 Å². The van der Waals surface area contributed by atoms with Crippen LogP contribution in [0.3, 0.4) is 0 Å². The maximum atomic E-state index is 14.2. The minimum absolute atomic E-state index is 0.0371. The fraction of sp³-hybridized carbons (Fsp3) is 0.531. The molecule has 4 aliphatic rings. The molecule has 8 heteroatoms. The maximum absolute atomic E-state index is 14.2. The van der Waals surface area contributed by atoms with Crippen LogP contribution in [0.15, 0.2) is 54.6 Å². The fourth-order valence-corrected chi connectivity index (χ4v) is 7.04. The summed E-state index contributed by atoms with van der Waals surface area (Å²) in [4.78, 5) is 46.9. The molecule has 40 heavy (non-hydrogen) atoms. The standard InChI is InChI=1S/C32H40N4O4/c1-34-15-17-35(18-16-34)26-13-11-24(12-14-26)31(38)33-28(23-9-5-6-10-23)32(39)36-20-25(19-22-7-3-2-4-8-22)30-29(36)27(37)21-40-30/h2-4,7-8,11-14,23,25,28-30H,5-6,9-10,15-21H2,1H3,(H,33,38)/t25-,28-,29+,30+/m0/s1. The number of nitrogens with one attached hydrogen (secondary N) is 1. The van der Waals surface area contributed by atoms with E-state index in [2.05, 4.69) is 34.3 Å². The number of ether oxygens (including phenoxy) is 1. The molecule has 0 bridgehead atoms. The number of hydrogen-bond donors (Lipinski definition) is 1. The van der Waals surface area contributed by atoms with Crippen molar-refractivity contribution in [3.8, 4) is 0 Å². The lowest BCUT2D eigenvalue weighted by atomic mass is 9.94. The summed E-state index contributed by atoms with van der Waals surface area (Å²) in [5.41, 5.74) is 2.83. The summed E-state index contributed by atoms with van der Waals surface area (Å²) >= 11 is 0. The van der Waals surface area contributed by atoms with Crippen molar-refractivity contribution in [1.29, 1.82) is 0 Å². The normalized spacial score (nSPS) is 26.2. The molecule has 0 aromatic heterocycles. The smallest absolute Gasteiger partial charge is 0.251 e. The van der Waals surface area contributed by atoms with E-state index >= 15 is 0 Å². The summed E-state index contributed by atoms with van der Waals surface area (Å²) in [5, 5.41) is 3.11. The fourth-order valence-electron chi connectivity index (χ4n) is 7.04. The van der Waals surface area contributed by atoms with Gasteiger partial charge in [0.15, 0.2) is 5.78 Å². The second kappa shape index (κ2) is 11.7. The lowest BCUT2D eigenvalue weighted by Crippen LogP contribution is -2.54. The van der Waals surface area contributed by atoms with E-state index in [0.717, 1.165) is 64.0 Å². The summed E-state index contributed by atoms with van der Waals surface area (Å²) < 4.78 is 5.94. The zero-order chi connectivity index (χ0) is 27.6. The highest BCUT2D eigenvalue weighted by atomic mass is 16.5. The third-order valence-corrected chi connectivity index (χ3v) is 9.34. The Morgan fingerprint density at radius 1 is 0.975 bits per heavy atom. The van der Waals surface area contributed by atoms with Crippen molar-refractivity contribution in [3.05, 3.63) is 65.7 Å². The first-order valence-electron chi connectivity index (χ1n) is 14.8. The van der Waals surface area contributed by atoms with Gasteiger partial charge < -0.3 is 24.8 Å². The molecule has 8 nitrogen and oxygen atoms in total. The molecule has 1 saturated carbocycles. The van der Waals surface area contributed by atoms with Crippen molar-refractivity contribution < 1.29 is 19.1 Å². The summed E-state index contributed by atoms with van der Waals surface area (Å²) in [6.07, 6.45) is 4.36. The number of anilines is 1. The van der Waals surface area contributed by atoms with Crippen molar-refractivity contribution >= 4 is 23.3 Å². The molecule has 2 aromatic carbocycles. The van der Waals surface area contributed by atoms with Gasteiger partial charge in [-0.2, -0.15) is 0 Å². The van der Waals surface area contributed by atoms with Crippen LogP contribution in [-0.4, -0.2) is 92.0 Å².